The van der Waals surface area contributed by atoms with Crippen LogP contribution in [0.4, 0.5) is 0 Å². The van der Waals surface area contributed by atoms with E-state index in [4.69, 9.17) is 0 Å². The Morgan fingerprint density at radius 1 is 1.35 bits per heavy atom. The lowest BCUT2D eigenvalue weighted by Crippen LogP contribution is -2.41. The molecule has 0 aliphatic heterocycles. The molecule has 1 aliphatic rings. The molecule has 2 aromatic rings. The SMILES string of the molecule is Cc1ccc(C(=O)N[C@@H](c2cnn(C)c2)C2CC(O)C2)cc1C. The van der Waals surface area contributed by atoms with Crippen LogP contribution in [0, 0.1) is 19.8 Å². The molecule has 0 unspecified atom stereocenters. The fourth-order valence-electron chi connectivity index (χ4n) is 3.08. The number of aromatic nitrogens is 2. The maximum absolute atomic E-state index is 12.6. The van der Waals surface area contributed by atoms with Gasteiger partial charge in [-0.25, -0.2) is 0 Å². The number of rotatable bonds is 4. The van der Waals surface area contributed by atoms with Crippen LogP contribution in [-0.4, -0.2) is 26.9 Å². The van der Waals surface area contributed by atoms with Gasteiger partial charge < -0.3 is 10.4 Å². The smallest absolute Gasteiger partial charge is 0.251 e. The minimum atomic E-state index is -0.252. The number of aryl methyl sites for hydroxylation is 3. The number of aliphatic hydroxyl groups is 1. The third-order valence-electron chi connectivity index (χ3n) is 4.76. The molecule has 2 N–H and O–H groups in total. The van der Waals surface area contributed by atoms with Crippen LogP contribution in [-0.2, 0) is 7.05 Å². The summed E-state index contributed by atoms with van der Waals surface area (Å²) >= 11 is 0. The number of hydrogen-bond donors (Lipinski definition) is 2. The molecule has 122 valence electrons. The number of carbonyl (C=O) groups is 1. The summed E-state index contributed by atoms with van der Waals surface area (Å²) in [4.78, 5) is 12.6. The number of amides is 1. The van der Waals surface area contributed by atoms with Crippen molar-refractivity contribution in [1.29, 1.82) is 0 Å². The van der Waals surface area contributed by atoms with E-state index in [1.807, 2.05) is 45.3 Å². The average Bonchev–Trinajstić information content (AvgIpc) is 2.91. The van der Waals surface area contributed by atoms with E-state index >= 15 is 0 Å². The van der Waals surface area contributed by atoms with Crippen molar-refractivity contribution < 1.29 is 9.90 Å². The molecule has 1 heterocycles. The van der Waals surface area contributed by atoms with Crippen LogP contribution in [0.3, 0.4) is 0 Å². The van der Waals surface area contributed by atoms with Gasteiger partial charge in [-0.2, -0.15) is 5.10 Å². The first-order chi connectivity index (χ1) is 10.9. The van der Waals surface area contributed by atoms with Crippen LogP contribution in [0.1, 0.15) is 45.9 Å². The first-order valence-corrected chi connectivity index (χ1v) is 7.98. The number of nitrogens with one attached hydrogen (secondary N) is 1. The van der Waals surface area contributed by atoms with Gasteiger partial charge in [0.2, 0.25) is 0 Å². The summed E-state index contributed by atoms with van der Waals surface area (Å²) in [6.07, 6.45) is 4.89. The molecule has 1 amide bonds. The van der Waals surface area contributed by atoms with E-state index in [9.17, 15) is 9.90 Å². The van der Waals surface area contributed by atoms with Gasteiger partial charge >= 0.3 is 0 Å². The van der Waals surface area contributed by atoms with Crippen LogP contribution >= 0.6 is 0 Å². The predicted octanol–water partition coefficient (Wildman–Crippen LogP) is 2.28. The summed E-state index contributed by atoms with van der Waals surface area (Å²) in [5.74, 6) is 0.174. The maximum atomic E-state index is 12.6. The van der Waals surface area contributed by atoms with E-state index < -0.39 is 0 Å². The lowest BCUT2D eigenvalue weighted by Gasteiger charge is -2.37. The van der Waals surface area contributed by atoms with Gasteiger partial charge in [0.15, 0.2) is 0 Å². The zero-order valence-corrected chi connectivity index (χ0v) is 13.8. The number of benzene rings is 1. The Labute approximate surface area is 136 Å². The summed E-state index contributed by atoms with van der Waals surface area (Å²) in [5.41, 5.74) is 3.94. The molecule has 1 aromatic heterocycles. The maximum Gasteiger partial charge on any atom is 0.251 e. The van der Waals surface area contributed by atoms with Crippen molar-refractivity contribution >= 4 is 5.91 Å². The van der Waals surface area contributed by atoms with Gasteiger partial charge in [0.25, 0.3) is 5.91 Å². The van der Waals surface area contributed by atoms with E-state index in [1.165, 1.54) is 5.56 Å². The van der Waals surface area contributed by atoms with Gasteiger partial charge in [-0.3, -0.25) is 9.48 Å². The molecule has 1 aromatic carbocycles. The Kier molecular flexibility index (Phi) is 4.22. The fraction of sp³-hybridized carbons (Fsp3) is 0.444. The predicted molar refractivity (Wildman–Crippen MR) is 88.1 cm³/mol. The van der Waals surface area contributed by atoms with Gasteiger partial charge in [0, 0.05) is 24.4 Å². The zero-order chi connectivity index (χ0) is 16.6. The summed E-state index contributed by atoms with van der Waals surface area (Å²) in [6.45, 7) is 4.04. The van der Waals surface area contributed by atoms with E-state index in [2.05, 4.69) is 10.4 Å². The number of hydrogen-bond acceptors (Lipinski definition) is 3. The second-order valence-electron chi connectivity index (χ2n) is 6.58. The third kappa shape index (κ3) is 3.29. The van der Waals surface area contributed by atoms with E-state index in [0.717, 1.165) is 11.1 Å². The number of nitrogens with zero attached hydrogens (tertiary/aromatic N) is 2. The van der Waals surface area contributed by atoms with Crippen molar-refractivity contribution in [2.75, 3.05) is 0 Å². The van der Waals surface area contributed by atoms with Crippen molar-refractivity contribution in [1.82, 2.24) is 15.1 Å². The lowest BCUT2D eigenvalue weighted by molar-refractivity contribution is 0.0235. The molecule has 23 heavy (non-hydrogen) atoms. The first-order valence-electron chi connectivity index (χ1n) is 7.98. The van der Waals surface area contributed by atoms with Crippen molar-refractivity contribution in [3.8, 4) is 0 Å². The number of carbonyl (C=O) groups excluding carboxylic acids is 1. The highest BCUT2D eigenvalue weighted by Gasteiger charge is 2.36. The standard InChI is InChI=1S/C18H23N3O2/c1-11-4-5-13(6-12(11)2)18(23)20-17(14-7-16(22)8-14)15-9-19-21(3)10-15/h4-6,9-10,14,16-17,22H,7-8H2,1-3H3,(H,20,23)/t14?,16?,17-/m1/s1. The van der Waals surface area contributed by atoms with Gasteiger partial charge in [0.1, 0.15) is 0 Å². The van der Waals surface area contributed by atoms with Gasteiger partial charge in [-0.15, -0.1) is 0 Å². The zero-order valence-electron chi connectivity index (χ0n) is 13.8. The fourth-order valence-corrected chi connectivity index (χ4v) is 3.08. The topological polar surface area (TPSA) is 67.2 Å². The molecule has 1 saturated carbocycles. The normalized spacial score (nSPS) is 21.6. The second-order valence-corrected chi connectivity index (χ2v) is 6.58. The second kappa shape index (κ2) is 6.16. The average molecular weight is 313 g/mol. The van der Waals surface area contributed by atoms with Gasteiger partial charge in [0.05, 0.1) is 18.3 Å². The van der Waals surface area contributed by atoms with E-state index in [-0.39, 0.29) is 24.0 Å². The molecule has 1 fully saturated rings. The highest BCUT2D eigenvalue weighted by molar-refractivity contribution is 5.94. The molecule has 1 atom stereocenters. The monoisotopic (exact) mass is 313 g/mol. The molecule has 3 rings (SSSR count). The van der Waals surface area contributed by atoms with Crippen LogP contribution < -0.4 is 5.32 Å². The van der Waals surface area contributed by atoms with E-state index in [1.54, 1.807) is 10.9 Å². The third-order valence-corrected chi connectivity index (χ3v) is 4.76. The van der Waals surface area contributed by atoms with Crippen LogP contribution in [0.2, 0.25) is 0 Å². The molecular formula is C18H23N3O2. The molecular weight excluding hydrogens is 290 g/mol. The molecule has 0 saturated heterocycles. The Balaban J connectivity index is 1.80. The van der Waals surface area contributed by atoms with E-state index in [0.29, 0.717) is 18.4 Å². The first kappa shape index (κ1) is 15.7. The molecule has 5 nitrogen and oxygen atoms in total. The van der Waals surface area contributed by atoms with Gasteiger partial charge in [-0.1, -0.05) is 6.07 Å². The highest BCUT2D eigenvalue weighted by atomic mass is 16.3. The van der Waals surface area contributed by atoms with Crippen LogP contribution in [0.25, 0.3) is 0 Å². The van der Waals surface area contributed by atoms with Crippen molar-refractivity contribution in [2.45, 2.75) is 38.8 Å². The molecule has 0 radical (unpaired) electrons. The largest absolute Gasteiger partial charge is 0.393 e. The molecule has 0 spiro atoms. The summed E-state index contributed by atoms with van der Waals surface area (Å²) in [7, 11) is 1.86. The lowest BCUT2D eigenvalue weighted by atomic mass is 9.75. The summed E-state index contributed by atoms with van der Waals surface area (Å²) < 4.78 is 1.74. The summed E-state index contributed by atoms with van der Waals surface area (Å²) in [5, 5.41) is 16.9. The van der Waals surface area contributed by atoms with Crippen molar-refractivity contribution in [2.24, 2.45) is 13.0 Å². The number of aliphatic hydroxyl groups excluding tert-OH is 1. The molecule has 1 aliphatic carbocycles. The quantitative estimate of drug-likeness (QED) is 0.910. The minimum Gasteiger partial charge on any atom is -0.393 e. The van der Waals surface area contributed by atoms with Crippen molar-refractivity contribution in [3.63, 3.8) is 0 Å². The minimum absolute atomic E-state index is 0.0802. The highest BCUT2D eigenvalue weighted by Crippen LogP contribution is 2.38. The molecule has 5 heteroatoms. The Hall–Kier alpha value is -2.14. The van der Waals surface area contributed by atoms with Crippen LogP contribution in [0.15, 0.2) is 30.6 Å². The van der Waals surface area contributed by atoms with Crippen LogP contribution in [0.5, 0.6) is 0 Å². The van der Waals surface area contributed by atoms with Gasteiger partial charge in [-0.05, 0) is 55.9 Å². The Bertz CT molecular complexity index is 717. The molecule has 0 bridgehead atoms. The Morgan fingerprint density at radius 3 is 2.65 bits per heavy atom. The Morgan fingerprint density at radius 2 is 2.09 bits per heavy atom. The summed E-state index contributed by atoms with van der Waals surface area (Å²) in [6, 6.07) is 5.63. The van der Waals surface area contributed by atoms with Crippen molar-refractivity contribution in [3.05, 3.63) is 52.8 Å².